The van der Waals surface area contributed by atoms with E-state index in [9.17, 15) is 18.0 Å². The van der Waals surface area contributed by atoms with Gasteiger partial charge in [-0.3, -0.25) is 10.1 Å². The zero-order valence-electron chi connectivity index (χ0n) is 25.2. The van der Waals surface area contributed by atoms with Crippen molar-refractivity contribution in [1.29, 1.82) is 0 Å². The molecule has 1 unspecified atom stereocenters. The average molecular weight is 673 g/mol. The van der Waals surface area contributed by atoms with Crippen molar-refractivity contribution in [3.05, 3.63) is 113 Å². The van der Waals surface area contributed by atoms with E-state index in [0.717, 1.165) is 5.56 Å². The van der Waals surface area contributed by atoms with Crippen molar-refractivity contribution in [2.75, 3.05) is 18.2 Å². The fourth-order valence-electron chi connectivity index (χ4n) is 4.64. The Kier molecular flexibility index (Phi) is 10.3. The number of carbonyl (C=O) groups is 2. The SMILES string of the molecule is CCS(=O)(=O)c1nnc(C(Cc2ccccc2)NC(=O)C=Cc2cc(Cl)ccc2-n2cnnn2)cc1-c1ccc(NC(=O)OC)cc1. The number of anilines is 1. The number of ether oxygens (including phenoxy) is 1. The van der Waals surface area contributed by atoms with E-state index in [1.54, 1.807) is 54.6 Å². The van der Waals surface area contributed by atoms with E-state index in [2.05, 4.69) is 41.1 Å². The van der Waals surface area contributed by atoms with E-state index in [1.807, 2.05) is 30.3 Å². The topological polar surface area (TPSA) is 171 Å². The Labute approximate surface area is 275 Å². The van der Waals surface area contributed by atoms with Crippen LogP contribution in [0, 0.1) is 0 Å². The molecule has 0 spiro atoms. The minimum absolute atomic E-state index is 0.193. The highest BCUT2D eigenvalue weighted by molar-refractivity contribution is 7.91. The van der Waals surface area contributed by atoms with Gasteiger partial charge in [0.1, 0.15) is 6.33 Å². The van der Waals surface area contributed by atoms with Crippen molar-refractivity contribution < 1.29 is 22.7 Å². The van der Waals surface area contributed by atoms with E-state index < -0.39 is 27.9 Å². The van der Waals surface area contributed by atoms with Gasteiger partial charge in [0.2, 0.25) is 5.91 Å². The predicted molar refractivity (Wildman–Crippen MR) is 175 cm³/mol. The molecule has 2 amide bonds. The van der Waals surface area contributed by atoms with E-state index in [0.29, 0.717) is 45.2 Å². The molecular formula is C32H29ClN8O5S. The van der Waals surface area contributed by atoms with Gasteiger partial charge in [0.15, 0.2) is 14.9 Å². The molecule has 2 heterocycles. The smallest absolute Gasteiger partial charge is 0.411 e. The van der Waals surface area contributed by atoms with Crippen molar-refractivity contribution in [3.8, 4) is 16.8 Å². The Morgan fingerprint density at radius 3 is 2.47 bits per heavy atom. The van der Waals surface area contributed by atoms with Gasteiger partial charge in [-0.1, -0.05) is 61.0 Å². The largest absolute Gasteiger partial charge is 0.453 e. The van der Waals surface area contributed by atoms with Gasteiger partial charge in [0.05, 0.1) is 30.3 Å². The third-order valence-electron chi connectivity index (χ3n) is 7.04. The summed E-state index contributed by atoms with van der Waals surface area (Å²) < 4.78 is 32.2. The fourth-order valence-corrected chi connectivity index (χ4v) is 5.78. The van der Waals surface area contributed by atoms with E-state index in [-0.39, 0.29) is 10.8 Å². The van der Waals surface area contributed by atoms with E-state index >= 15 is 0 Å². The quantitative estimate of drug-likeness (QED) is 0.185. The van der Waals surface area contributed by atoms with Gasteiger partial charge in [-0.15, -0.1) is 10.2 Å². The number of nitrogens with zero attached hydrogens (tertiary/aromatic N) is 6. The Morgan fingerprint density at radius 1 is 1.02 bits per heavy atom. The maximum Gasteiger partial charge on any atom is 0.411 e. The second-order valence-electron chi connectivity index (χ2n) is 10.1. The molecular weight excluding hydrogens is 644 g/mol. The highest BCUT2D eigenvalue weighted by Crippen LogP contribution is 2.30. The van der Waals surface area contributed by atoms with E-state index in [1.165, 1.54) is 31.1 Å². The summed E-state index contributed by atoms with van der Waals surface area (Å²) in [7, 11) is -2.54. The van der Waals surface area contributed by atoms with Crippen LogP contribution in [-0.2, 0) is 25.8 Å². The van der Waals surface area contributed by atoms with Crippen LogP contribution in [0.1, 0.15) is 29.8 Å². The monoisotopic (exact) mass is 672 g/mol. The van der Waals surface area contributed by atoms with E-state index in [4.69, 9.17) is 11.6 Å². The van der Waals surface area contributed by atoms with Crippen molar-refractivity contribution in [3.63, 3.8) is 0 Å². The van der Waals surface area contributed by atoms with Crippen LogP contribution in [0.3, 0.4) is 0 Å². The zero-order chi connectivity index (χ0) is 33.4. The van der Waals surface area contributed by atoms with Gasteiger partial charge in [-0.25, -0.2) is 13.2 Å². The van der Waals surface area contributed by atoms with Crippen molar-refractivity contribution in [2.24, 2.45) is 0 Å². The number of amides is 2. The molecule has 1 atom stereocenters. The Bertz CT molecular complexity index is 2010. The molecule has 5 rings (SSSR count). The normalized spacial score (nSPS) is 12.1. The number of halogens is 1. The lowest BCUT2D eigenvalue weighted by atomic mass is 10.00. The Morgan fingerprint density at radius 2 is 1.79 bits per heavy atom. The molecule has 0 aliphatic rings. The number of benzene rings is 3. The molecule has 0 saturated heterocycles. The molecule has 240 valence electrons. The molecule has 0 bridgehead atoms. The third-order valence-corrected chi connectivity index (χ3v) is 8.92. The number of rotatable bonds is 11. The Balaban J connectivity index is 1.51. The van der Waals surface area contributed by atoms with Crippen LogP contribution in [0.5, 0.6) is 0 Å². The molecule has 0 aliphatic carbocycles. The minimum Gasteiger partial charge on any atom is -0.453 e. The molecule has 0 fully saturated rings. The first-order valence-electron chi connectivity index (χ1n) is 14.3. The summed E-state index contributed by atoms with van der Waals surface area (Å²) in [4.78, 5) is 25.0. The van der Waals surface area contributed by atoms with Crippen LogP contribution in [-0.4, -0.2) is 63.7 Å². The molecule has 2 aromatic heterocycles. The van der Waals surface area contributed by atoms with Crippen molar-refractivity contribution in [1.82, 2.24) is 35.7 Å². The van der Waals surface area contributed by atoms with Gasteiger partial charge < -0.3 is 10.1 Å². The van der Waals surface area contributed by atoms with Crippen LogP contribution in [0.25, 0.3) is 22.9 Å². The number of carbonyl (C=O) groups excluding carboxylic acids is 2. The molecule has 0 radical (unpaired) electrons. The van der Waals surface area contributed by atoms with Crippen LogP contribution in [0.2, 0.25) is 5.02 Å². The minimum atomic E-state index is -3.79. The number of sulfone groups is 1. The van der Waals surface area contributed by atoms with Gasteiger partial charge in [-0.05, 0) is 70.4 Å². The lowest BCUT2D eigenvalue weighted by molar-refractivity contribution is -0.117. The lowest BCUT2D eigenvalue weighted by Crippen LogP contribution is -2.29. The highest BCUT2D eigenvalue weighted by atomic mass is 35.5. The van der Waals surface area contributed by atoms with Gasteiger partial charge in [-0.2, -0.15) is 9.78 Å². The first-order valence-corrected chi connectivity index (χ1v) is 16.3. The zero-order valence-corrected chi connectivity index (χ0v) is 26.8. The standard InChI is InChI=1S/C32H29ClN8O5S/c1-3-47(44,45)31-26(22-9-13-25(14-10-22)35-32(43)46-2)19-28(37-38-31)27(17-21-7-5-4-6-8-21)36-30(42)16-11-23-18-24(33)12-15-29(23)41-20-34-39-40-41/h4-16,18-20,27H,3,17H2,1-2H3,(H,35,43)(H,36,42). The molecule has 13 nitrogen and oxygen atoms in total. The molecule has 3 aromatic carbocycles. The summed E-state index contributed by atoms with van der Waals surface area (Å²) in [5, 5.41) is 25.5. The van der Waals surface area contributed by atoms with Crippen LogP contribution >= 0.6 is 11.6 Å². The van der Waals surface area contributed by atoms with Crippen LogP contribution in [0.15, 0.2) is 96.3 Å². The van der Waals surface area contributed by atoms with Gasteiger partial charge >= 0.3 is 6.09 Å². The maximum absolute atomic E-state index is 13.4. The lowest BCUT2D eigenvalue weighted by Gasteiger charge is -2.19. The number of methoxy groups -OCH3 is 1. The van der Waals surface area contributed by atoms with Gasteiger partial charge in [0.25, 0.3) is 0 Å². The number of hydrogen-bond donors (Lipinski definition) is 2. The first-order chi connectivity index (χ1) is 22.7. The van der Waals surface area contributed by atoms with Gasteiger partial charge in [0, 0.05) is 27.9 Å². The number of tetrazole rings is 1. The molecule has 2 N–H and O–H groups in total. The molecule has 0 aliphatic heterocycles. The summed E-state index contributed by atoms with van der Waals surface area (Å²) >= 11 is 6.23. The summed E-state index contributed by atoms with van der Waals surface area (Å²) in [6.07, 6.45) is 4.07. The number of nitrogens with one attached hydrogen (secondary N) is 2. The fraction of sp³-hybridized carbons (Fsp3) is 0.156. The van der Waals surface area contributed by atoms with Crippen molar-refractivity contribution in [2.45, 2.75) is 24.4 Å². The summed E-state index contributed by atoms with van der Waals surface area (Å²) in [5.41, 5.74) is 3.73. The first kappa shape index (κ1) is 32.9. The third kappa shape index (κ3) is 8.23. The Hall–Kier alpha value is -5.47. The van der Waals surface area contributed by atoms with Crippen LogP contribution < -0.4 is 10.6 Å². The molecule has 5 aromatic rings. The highest BCUT2D eigenvalue weighted by Gasteiger charge is 2.25. The second kappa shape index (κ2) is 14.7. The molecule has 15 heteroatoms. The van der Waals surface area contributed by atoms with Crippen LogP contribution in [0.4, 0.5) is 10.5 Å². The summed E-state index contributed by atoms with van der Waals surface area (Å²) in [6.45, 7) is 1.52. The molecule has 0 saturated carbocycles. The summed E-state index contributed by atoms with van der Waals surface area (Å²) in [6, 6.07) is 22.0. The average Bonchev–Trinajstić information content (AvgIpc) is 3.62. The number of aromatic nitrogens is 6. The maximum atomic E-state index is 13.4. The second-order valence-corrected chi connectivity index (χ2v) is 12.8. The van der Waals surface area contributed by atoms with Crippen molar-refractivity contribution >= 4 is 45.2 Å². The number of hydrogen-bond acceptors (Lipinski definition) is 10. The molecule has 47 heavy (non-hydrogen) atoms. The predicted octanol–water partition coefficient (Wildman–Crippen LogP) is 4.86. The summed E-state index contributed by atoms with van der Waals surface area (Å²) in [5.74, 6) is -0.637.